The normalized spacial score (nSPS) is 13.3. The van der Waals surface area contributed by atoms with Crippen LogP contribution < -0.4 is 5.32 Å². The molecule has 0 aliphatic carbocycles. The van der Waals surface area contributed by atoms with E-state index in [1.165, 1.54) is 6.26 Å². The Labute approximate surface area is 109 Å². The number of ether oxygens (including phenoxy) is 1. The molecule has 0 aliphatic heterocycles. The Kier molecular flexibility index (Phi) is 5.16. The third-order valence-corrected chi connectivity index (χ3v) is 4.06. The largest absolute Gasteiger partial charge is 0.383 e. The molecule has 0 saturated heterocycles. The van der Waals surface area contributed by atoms with E-state index >= 15 is 0 Å². The SMILES string of the molecule is CC[C@H](COC)Nc1ccc(C)c(S(C)(=O)=O)c1. The first kappa shape index (κ1) is 15.0. The van der Waals surface area contributed by atoms with Crippen molar-refractivity contribution in [3.05, 3.63) is 23.8 Å². The lowest BCUT2D eigenvalue weighted by molar-refractivity contribution is 0.184. The first-order valence-corrected chi connectivity index (χ1v) is 7.83. The van der Waals surface area contributed by atoms with E-state index < -0.39 is 9.84 Å². The molecule has 1 atom stereocenters. The highest BCUT2D eigenvalue weighted by Gasteiger charge is 2.13. The van der Waals surface area contributed by atoms with Gasteiger partial charge in [0.1, 0.15) is 0 Å². The van der Waals surface area contributed by atoms with Crippen LogP contribution in [0.5, 0.6) is 0 Å². The van der Waals surface area contributed by atoms with E-state index in [0.29, 0.717) is 11.5 Å². The van der Waals surface area contributed by atoms with Crippen LogP contribution in [-0.2, 0) is 14.6 Å². The number of aryl methyl sites for hydroxylation is 1. The van der Waals surface area contributed by atoms with Gasteiger partial charge in [0.2, 0.25) is 0 Å². The molecule has 0 heterocycles. The zero-order valence-electron chi connectivity index (χ0n) is 11.4. The molecule has 18 heavy (non-hydrogen) atoms. The molecule has 0 amide bonds. The van der Waals surface area contributed by atoms with Crippen molar-refractivity contribution in [1.82, 2.24) is 0 Å². The van der Waals surface area contributed by atoms with Crippen LogP contribution >= 0.6 is 0 Å². The zero-order valence-corrected chi connectivity index (χ0v) is 12.2. The second kappa shape index (κ2) is 6.20. The minimum Gasteiger partial charge on any atom is -0.383 e. The van der Waals surface area contributed by atoms with E-state index in [2.05, 4.69) is 12.2 Å². The number of anilines is 1. The molecule has 0 saturated carbocycles. The predicted octanol–water partition coefficient (Wildman–Crippen LogP) is 2.24. The number of methoxy groups -OCH3 is 1. The van der Waals surface area contributed by atoms with Crippen LogP contribution in [0.25, 0.3) is 0 Å². The minimum absolute atomic E-state index is 0.185. The van der Waals surface area contributed by atoms with Gasteiger partial charge in [-0.15, -0.1) is 0 Å². The average molecular weight is 271 g/mol. The van der Waals surface area contributed by atoms with Gasteiger partial charge in [-0.3, -0.25) is 0 Å². The van der Waals surface area contributed by atoms with Gasteiger partial charge in [-0.1, -0.05) is 13.0 Å². The zero-order chi connectivity index (χ0) is 13.8. The lowest BCUT2D eigenvalue weighted by atomic mass is 10.2. The molecule has 102 valence electrons. The van der Waals surface area contributed by atoms with Crippen molar-refractivity contribution in [3.63, 3.8) is 0 Å². The van der Waals surface area contributed by atoms with Crippen LogP contribution in [0.15, 0.2) is 23.1 Å². The fourth-order valence-electron chi connectivity index (χ4n) is 1.79. The summed E-state index contributed by atoms with van der Waals surface area (Å²) in [5, 5.41) is 3.28. The van der Waals surface area contributed by atoms with Crippen molar-refractivity contribution in [3.8, 4) is 0 Å². The molecule has 0 radical (unpaired) electrons. The summed E-state index contributed by atoms with van der Waals surface area (Å²) in [6.45, 7) is 4.45. The molecule has 0 bridgehead atoms. The highest BCUT2D eigenvalue weighted by atomic mass is 32.2. The van der Waals surface area contributed by atoms with Crippen LogP contribution in [-0.4, -0.2) is 34.4 Å². The molecule has 1 N–H and O–H groups in total. The molecule has 0 spiro atoms. The monoisotopic (exact) mass is 271 g/mol. The van der Waals surface area contributed by atoms with Gasteiger partial charge in [-0.2, -0.15) is 0 Å². The van der Waals surface area contributed by atoms with Gasteiger partial charge in [0.05, 0.1) is 11.5 Å². The summed E-state index contributed by atoms with van der Waals surface area (Å²) in [5.74, 6) is 0. The topological polar surface area (TPSA) is 55.4 Å². The van der Waals surface area contributed by atoms with E-state index in [9.17, 15) is 8.42 Å². The van der Waals surface area contributed by atoms with E-state index in [4.69, 9.17) is 4.74 Å². The number of benzene rings is 1. The summed E-state index contributed by atoms with van der Waals surface area (Å²) < 4.78 is 28.4. The minimum atomic E-state index is -3.18. The van der Waals surface area contributed by atoms with Crippen LogP contribution in [0, 0.1) is 6.92 Å². The number of sulfone groups is 1. The summed E-state index contributed by atoms with van der Waals surface area (Å²) in [5.41, 5.74) is 1.58. The van der Waals surface area contributed by atoms with E-state index in [-0.39, 0.29) is 6.04 Å². The maximum absolute atomic E-state index is 11.6. The van der Waals surface area contributed by atoms with Crippen molar-refractivity contribution >= 4 is 15.5 Å². The highest BCUT2D eigenvalue weighted by molar-refractivity contribution is 7.90. The van der Waals surface area contributed by atoms with Gasteiger partial charge < -0.3 is 10.1 Å². The number of hydrogen-bond donors (Lipinski definition) is 1. The molecule has 4 nitrogen and oxygen atoms in total. The Hall–Kier alpha value is -1.07. The molecule has 1 aromatic rings. The average Bonchev–Trinajstić information content (AvgIpc) is 2.29. The summed E-state index contributed by atoms with van der Waals surface area (Å²) in [7, 11) is -1.53. The number of hydrogen-bond acceptors (Lipinski definition) is 4. The molecule has 0 aromatic heterocycles. The molecule has 0 unspecified atom stereocenters. The van der Waals surface area contributed by atoms with Crippen LogP contribution in [0.3, 0.4) is 0 Å². The van der Waals surface area contributed by atoms with Crippen molar-refractivity contribution in [2.24, 2.45) is 0 Å². The molecular formula is C13H21NO3S. The van der Waals surface area contributed by atoms with Crippen LogP contribution in [0.4, 0.5) is 5.69 Å². The number of rotatable bonds is 6. The van der Waals surface area contributed by atoms with E-state index in [1.807, 2.05) is 12.1 Å². The Morgan fingerprint density at radius 1 is 1.39 bits per heavy atom. The summed E-state index contributed by atoms with van der Waals surface area (Å²) in [6.07, 6.45) is 2.14. The maximum Gasteiger partial charge on any atom is 0.175 e. The van der Waals surface area contributed by atoms with Crippen molar-refractivity contribution in [1.29, 1.82) is 0 Å². The van der Waals surface area contributed by atoms with Gasteiger partial charge in [0.15, 0.2) is 9.84 Å². The van der Waals surface area contributed by atoms with Gasteiger partial charge >= 0.3 is 0 Å². The second-order valence-electron chi connectivity index (χ2n) is 4.46. The Morgan fingerprint density at radius 2 is 2.06 bits per heavy atom. The molecule has 5 heteroatoms. The number of nitrogens with one attached hydrogen (secondary N) is 1. The van der Waals surface area contributed by atoms with Crippen LogP contribution in [0.1, 0.15) is 18.9 Å². The first-order chi connectivity index (χ1) is 8.38. The smallest absolute Gasteiger partial charge is 0.175 e. The van der Waals surface area contributed by atoms with Gasteiger partial charge in [0, 0.05) is 25.1 Å². The maximum atomic E-state index is 11.6. The molecule has 1 aromatic carbocycles. The quantitative estimate of drug-likeness (QED) is 0.862. The lowest BCUT2D eigenvalue weighted by Gasteiger charge is -2.18. The molecule has 0 fully saturated rings. The fraction of sp³-hybridized carbons (Fsp3) is 0.538. The molecule has 0 aliphatic rings. The summed E-state index contributed by atoms with van der Waals surface area (Å²) >= 11 is 0. The summed E-state index contributed by atoms with van der Waals surface area (Å²) in [4.78, 5) is 0.375. The van der Waals surface area contributed by atoms with E-state index in [0.717, 1.165) is 17.7 Å². The van der Waals surface area contributed by atoms with Crippen LogP contribution in [0.2, 0.25) is 0 Å². The van der Waals surface area contributed by atoms with E-state index in [1.54, 1.807) is 20.1 Å². The standard InChI is InChI=1S/C13H21NO3S/c1-5-11(9-17-3)14-12-7-6-10(2)13(8-12)18(4,15)16/h6-8,11,14H,5,9H2,1-4H3/t11-/m1/s1. The first-order valence-electron chi connectivity index (χ1n) is 5.94. The Bertz CT molecular complexity index is 497. The van der Waals surface area contributed by atoms with Crippen molar-refractivity contribution in [2.75, 3.05) is 25.3 Å². The van der Waals surface area contributed by atoms with Gasteiger partial charge in [-0.25, -0.2) is 8.42 Å². The lowest BCUT2D eigenvalue weighted by Crippen LogP contribution is -2.24. The Morgan fingerprint density at radius 3 is 2.56 bits per heavy atom. The Balaban J connectivity index is 2.98. The predicted molar refractivity (Wildman–Crippen MR) is 73.9 cm³/mol. The van der Waals surface area contributed by atoms with Gasteiger partial charge in [0.25, 0.3) is 0 Å². The van der Waals surface area contributed by atoms with Crippen molar-refractivity contribution in [2.45, 2.75) is 31.2 Å². The fourth-order valence-corrected chi connectivity index (χ4v) is 2.78. The summed E-state index contributed by atoms with van der Waals surface area (Å²) in [6, 6.07) is 5.58. The second-order valence-corrected chi connectivity index (χ2v) is 6.44. The molecule has 1 rings (SSSR count). The van der Waals surface area contributed by atoms with Gasteiger partial charge in [-0.05, 0) is 31.0 Å². The molecular weight excluding hydrogens is 250 g/mol. The third-order valence-electron chi connectivity index (χ3n) is 2.82. The highest BCUT2D eigenvalue weighted by Crippen LogP contribution is 2.21. The third kappa shape index (κ3) is 3.99. The van der Waals surface area contributed by atoms with Crippen molar-refractivity contribution < 1.29 is 13.2 Å².